The Hall–Kier alpha value is -2.44. The van der Waals surface area contributed by atoms with Gasteiger partial charge in [-0.1, -0.05) is 98.8 Å². The molecule has 0 radical (unpaired) electrons. The smallest absolute Gasteiger partial charge is 0.282 e. The summed E-state index contributed by atoms with van der Waals surface area (Å²) in [5.41, 5.74) is 0.236. The first-order chi connectivity index (χ1) is 18.4. The molecular formula is C29H30O6P2S2. The van der Waals surface area contributed by atoms with E-state index in [0.29, 0.717) is 0 Å². The lowest BCUT2D eigenvalue weighted by atomic mass is 10.3. The number of hydrogen-bond acceptors (Lipinski definition) is 4. The molecule has 4 aromatic rings. The maximum Gasteiger partial charge on any atom is 0.294 e. The molecule has 0 spiro atoms. The van der Waals surface area contributed by atoms with E-state index in [1.165, 1.54) is 12.1 Å². The Balaban J connectivity index is 1.74. The van der Waals surface area contributed by atoms with Gasteiger partial charge < -0.3 is 0 Å². The highest BCUT2D eigenvalue weighted by molar-refractivity contribution is 7.86. The molecule has 0 saturated heterocycles. The lowest BCUT2D eigenvalue weighted by Crippen LogP contribution is -2.26. The van der Waals surface area contributed by atoms with Crippen LogP contribution in [0.5, 0.6) is 0 Å². The third-order valence-electron chi connectivity index (χ3n) is 6.42. The van der Waals surface area contributed by atoms with Crippen molar-refractivity contribution < 1.29 is 25.9 Å². The van der Waals surface area contributed by atoms with Gasteiger partial charge in [-0.3, -0.25) is 9.11 Å². The summed E-state index contributed by atoms with van der Waals surface area (Å²) in [5, 5.41) is 3.89. The molecule has 0 bridgehead atoms. The Morgan fingerprint density at radius 3 is 1.21 bits per heavy atom. The van der Waals surface area contributed by atoms with Crippen LogP contribution in [-0.2, 0) is 20.2 Å². The Morgan fingerprint density at radius 2 is 0.872 bits per heavy atom. The van der Waals surface area contributed by atoms with Crippen LogP contribution in [0, 0.1) is 0 Å². The van der Waals surface area contributed by atoms with Crippen molar-refractivity contribution >= 4 is 57.3 Å². The van der Waals surface area contributed by atoms with Crippen LogP contribution in [-0.4, -0.2) is 37.3 Å². The highest BCUT2D eigenvalue weighted by atomic mass is 32.2. The maximum atomic E-state index is 11.9. The minimum absolute atomic E-state index is 0.118. The molecule has 10 heteroatoms. The topological polar surface area (TPSA) is 109 Å². The molecule has 0 aromatic heterocycles. The van der Waals surface area contributed by atoms with Crippen LogP contribution in [0.2, 0.25) is 0 Å². The van der Waals surface area contributed by atoms with Crippen LogP contribution in [0.3, 0.4) is 0 Å². The summed E-state index contributed by atoms with van der Waals surface area (Å²) in [6.07, 6.45) is 0.771. The quantitative estimate of drug-likeness (QED) is 0.198. The van der Waals surface area contributed by atoms with E-state index in [4.69, 9.17) is 0 Å². The van der Waals surface area contributed by atoms with E-state index in [-0.39, 0.29) is 21.1 Å². The van der Waals surface area contributed by atoms with E-state index < -0.39 is 36.1 Å². The molecule has 0 saturated carbocycles. The van der Waals surface area contributed by atoms with Crippen LogP contribution in [0.4, 0.5) is 0 Å². The van der Waals surface area contributed by atoms with Crippen LogP contribution in [0.1, 0.15) is 20.3 Å². The summed E-state index contributed by atoms with van der Waals surface area (Å²) in [6, 6.07) is 32.9. The lowest BCUT2D eigenvalue weighted by molar-refractivity contribution is 0.481. The van der Waals surface area contributed by atoms with E-state index in [1.807, 2.05) is 72.8 Å². The number of rotatable bonds is 10. The lowest BCUT2D eigenvalue weighted by Gasteiger charge is -2.32. The van der Waals surface area contributed by atoms with Gasteiger partial charge in [-0.05, 0) is 79.1 Å². The van der Waals surface area contributed by atoms with E-state index in [1.54, 1.807) is 24.3 Å². The molecule has 4 atom stereocenters. The zero-order valence-corrected chi connectivity index (χ0v) is 24.9. The van der Waals surface area contributed by atoms with Gasteiger partial charge in [-0.15, -0.1) is 0 Å². The fourth-order valence-corrected chi connectivity index (χ4v) is 11.9. The molecule has 4 aromatic carbocycles. The van der Waals surface area contributed by atoms with E-state index >= 15 is 0 Å². The van der Waals surface area contributed by atoms with Crippen molar-refractivity contribution in [2.24, 2.45) is 0 Å². The summed E-state index contributed by atoms with van der Waals surface area (Å²) >= 11 is 0. The molecular weight excluding hydrogens is 570 g/mol. The fourth-order valence-electron chi connectivity index (χ4n) is 4.79. The highest BCUT2D eigenvalue weighted by Crippen LogP contribution is 2.48. The molecule has 0 aliphatic heterocycles. The van der Waals surface area contributed by atoms with Crippen molar-refractivity contribution in [1.29, 1.82) is 0 Å². The average Bonchev–Trinajstić information content (AvgIpc) is 2.90. The van der Waals surface area contributed by atoms with Gasteiger partial charge in [0, 0.05) is 0 Å². The SMILES string of the molecule is CC(CC(C)P(c1ccccc1)c1cccc(S(=O)(=O)O)c1)P(c1ccccc1)c1cccc(S(=O)(=O)O)c1. The first-order valence-electron chi connectivity index (χ1n) is 12.3. The summed E-state index contributed by atoms with van der Waals surface area (Å²) < 4.78 is 66.9. The predicted molar refractivity (Wildman–Crippen MR) is 161 cm³/mol. The highest BCUT2D eigenvalue weighted by Gasteiger charge is 2.29. The molecule has 204 valence electrons. The standard InChI is InChI=1S/C29H30O6P2S2/c1-22(36(24-11-5-3-6-12-24)26-15-9-17-28(20-26)38(30,31)32)19-23(2)37(25-13-7-4-8-14-25)27-16-10-18-29(21-27)39(33,34)35/h3-18,20-23H,19H2,1-2H3,(H,30,31,32)(H,33,34,35). The molecule has 6 nitrogen and oxygen atoms in total. The fraction of sp³-hybridized carbons (Fsp3) is 0.172. The molecule has 4 unspecified atom stereocenters. The minimum atomic E-state index is -4.35. The molecule has 0 heterocycles. The van der Waals surface area contributed by atoms with Gasteiger partial charge in [0.2, 0.25) is 0 Å². The van der Waals surface area contributed by atoms with Crippen LogP contribution >= 0.6 is 15.8 Å². The third-order valence-corrected chi connectivity index (χ3v) is 13.7. The molecule has 0 aliphatic rings. The molecule has 39 heavy (non-hydrogen) atoms. The summed E-state index contributed by atoms with van der Waals surface area (Å²) in [5.74, 6) is 0. The zero-order chi connectivity index (χ0) is 28.2. The predicted octanol–water partition coefficient (Wildman–Crippen LogP) is 4.91. The van der Waals surface area contributed by atoms with Gasteiger partial charge in [0.05, 0.1) is 9.79 Å². The van der Waals surface area contributed by atoms with Crippen molar-refractivity contribution in [2.45, 2.75) is 41.4 Å². The van der Waals surface area contributed by atoms with Gasteiger partial charge in [-0.25, -0.2) is 0 Å². The van der Waals surface area contributed by atoms with Gasteiger partial charge >= 0.3 is 0 Å². The summed E-state index contributed by atoms with van der Waals surface area (Å²) in [7, 11) is -10.7. The summed E-state index contributed by atoms with van der Waals surface area (Å²) in [6.45, 7) is 4.31. The van der Waals surface area contributed by atoms with Crippen molar-refractivity contribution in [1.82, 2.24) is 0 Å². The minimum Gasteiger partial charge on any atom is -0.282 e. The average molecular weight is 601 g/mol. The van der Waals surface area contributed by atoms with Crippen molar-refractivity contribution in [3.8, 4) is 0 Å². The van der Waals surface area contributed by atoms with Crippen molar-refractivity contribution in [3.63, 3.8) is 0 Å². The third kappa shape index (κ3) is 7.40. The first kappa shape index (κ1) is 29.5. The first-order valence-corrected chi connectivity index (χ1v) is 18.0. The van der Waals surface area contributed by atoms with Crippen LogP contribution in [0.25, 0.3) is 0 Å². The molecule has 0 fully saturated rings. The second kappa shape index (κ2) is 12.4. The summed E-state index contributed by atoms with van der Waals surface area (Å²) in [4.78, 5) is -0.255. The van der Waals surface area contributed by atoms with Gasteiger partial charge in [-0.2, -0.15) is 16.8 Å². The maximum absolute atomic E-state index is 11.9. The normalized spacial score (nSPS) is 15.3. The van der Waals surface area contributed by atoms with Crippen LogP contribution < -0.4 is 21.2 Å². The number of hydrogen-bond donors (Lipinski definition) is 2. The van der Waals surface area contributed by atoms with Gasteiger partial charge in [0.15, 0.2) is 0 Å². The monoisotopic (exact) mass is 600 g/mol. The number of benzene rings is 4. The molecule has 0 aliphatic carbocycles. The Bertz CT molecular complexity index is 1510. The molecule has 0 amide bonds. The largest absolute Gasteiger partial charge is 0.294 e. The zero-order valence-electron chi connectivity index (χ0n) is 21.5. The van der Waals surface area contributed by atoms with Crippen molar-refractivity contribution in [2.75, 3.05) is 0 Å². The van der Waals surface area contributed by atoms with Crippen LogP contribution in [0.15, 0.2) is 119 Å². The van der Waals surface area contributed by atoms with E-state index in [2.05, 4.69) is 13.8 Å². The van der Waals surface area contributed by atoms with E-state index in [9.17, 15) is 25.9 Å². The van der Waals surface area contributed by atoms with E-state index in [0.717, 1.165) is 27.6 Å². The van der Waals surface area contributed by atoms with Crippen molar-refractivity contribution in [3.05, 3.63) is 109 Å². The van der Waals surface area contributed by atoms with Gasteiger partial charge in [0.1, 0.15) is 0 Å². The second-order valence-corrected chi connectivity index (χ2v) is 17.4. The molecule has 4 rings (SSSR count). The Labute approximate surface area is 233 Å². The second-order valence-electron chi connectivity index (χ2n) is 9.29. The Morgan fingerprint density at radius 1 is 0.538 bits per heavy atom. The van der Waals surface area contributed by atoms with Gasteiger partial charge in [0.25, 0.3) is 20.2 Å². The Kier molecular flexibility index (Phi) is 9.38. The molecule has 2 N–H and O–H groups in total.